The molecule has 1 aromatic heterocycles. The van der Waals surface area contributed by atoms with Crippen molar-refractivity contribution in [2.45, 2.75) is 57.8 Å². The molecular weight excluding hydrogens is 384 g/mol. The summed E-state index contributed by atoms with van der Waals surface area (Å²) in [6.07, 6.45) is 2.54. The van der Waals surface area contributed by atoms with Crippen LogP contribution in [0.1, 0.15) is 50.4 Å². The van der Waals surface area contributed by atoms with Crippen LogP contribution in [0.3, 0.4) is 0 Å². The van der Waals surface area contributed by atoms with Gasteiger partial charge in [-0.2, -0.15) is 0 Å². The normalized spacial score (nSPS) is 19.8. The second kappa shape index (κ2) is 8.17. The summed E-state index contributed by atoms with van der Waals surface area (Å²) in [6, 6.07) is 8.57. The van der Waals surface area contributed by atoms with Gasteiger partial charge in [-0.05, 0) is 44.7 Å². The van der Waals surface area contributed by atoms with Crippen molar-refractivity contribution in [2.75, 3.05) is 19.6 Å². The molecule has 4 rings (SSSR count). The predicted octanol–water partition coefficient (Wildman–Crippen LogP) is 4.17. The van der Waals surface area contributed by atoms with E-state index in [2.05, 4.69) is 34.1 Å². The highest BCUT2D eigenvalue weighted by molar-refractivity contribution is 7.07. The first-order valence-corrected chi connectivity index (χ1v) is 11.3. The number of fused-ring (bicyclic) bond motifs is 2. The maximum absolute atomic E-state index is 12.9. The molecule has 3 heterocycles. The van der Waals surface area contributed by atoms with Gasteiger partial charge in [-0.25, -0.2) is 4.98 Å². The van der Waals surface area contributed by atoms with E-state index in [1.807, 2.05) is 31.7 Å². The van der Waals surface area contributed by atoms with Gasteiger partial charge in [-0.1, -0.05) is 24.3 Å². The summed E-state index contributed by atoms with van der Waals surface area (Å²) in [4.78, 5) is 19.6. The first-order valence-electron chi connectivity index (χ1n) is 10.4. The molecule has 0 aliphatic carbocycles. The van der Waals surface area contributed by atoms with E-state index in [1.165, 1.54) is 11.1 Å². The molecule has 1 atom stereocenters. The summed E-state index contributed by atoms with van der Waals surface area (Å²) < 4.78 is 12.0. The van der Waals surface area contributed by atoms with Crippen LogP contribution in [0.4, 0.5) is 0 Å². The van der Waals surface area contributed by atoms with Crippen LogP contribution in [-0.4, -0.2) is 41.1 Å². The third-order valence-electron chi connectivity index (χ3n) is 5.83. The van der Waals surface area contributed by atoms with Crippen LogP contribution in [0.25, 0.3) is 0 Å². The van der Waals surface area contributed by atoms with Gasteiger partial charge < -0.3 is 14.4 Å². The molecule has 6 heteroatoms. The Hall–Kier alpha value is -1.76. The fraction of sp³-hybridized carbons (Fsp3) is 0.565. The molecule has 1 fully saturated rings. The minimum atomic E-state index is -0.481. The number of likely N-dealkylation sites (tertiary alicyclic amines) is 1. The standard InChI is InChI=1S/C23H30N2O3S/c1-22(2,3)28-21(26)18(12-19-15-29-16-24-19)13-25-10-8-23(9-11-25)20-7-5-4-6-17(20)14-27-23/h4-7,15-16,18H,8-14H2,1-3H3. The number of carbonyl (C=O) groups excluding carboxylic acids is 1. The molecule has 5 nitrogen and oxygen atoms in total. The zero-order valence-electron chi connectivity index (χ0n) is 17.5. The lowest BCUT2D eigenvalue weighted by molar-refractivity contribution is -0.161. The molecule has 2 aliphatic rings. The molecule has 2 aromatic rings. The lowest BCUT2D eigenvalue weighted by Gasteiger charge is -2.40. The van der Waals surface area contributed by atoms with Crippen molar-refractivity contribution >= 4 is 17.3 Å². The van der Waals surface area contributed by atoms with Gasteiger partial charge in [0.15, 0.2) is 0 Å². The number of esters is 1. The maximum atomic E-state index is 12.9. The number of hydrogen-bond donors (Lipinski definition) is 0. The Balaban J connectivity index is 1.42. The number of thiazole rings is 1. The van der Waals surface area contributed by atoms with Crippen LogP contribution in [0, 0.1) is 5.92 Å². The highest BCUT2D eigenvalue weighted by Crippen LogP contribution is 2.44. The van der Waals surface area contributed by atoms with Crippen molar-refractivity contribution in [3.8, 4) is 0 Å². The number of rotatable bonds is 5. The van der Waals surface area contributed by atoms with Gasteiger partial charge in [0, 0.05) is 31.4 Å². The third-order valence-corrected chi connectivity index (χ3v) is 6.47. The van der Waals surface area contributed by atoms with Crippen molar-refractivity contribution in [3.05, 3.63) is 52.0 Å². The van der Waals surface area contributed by atoms with Crippen LogP contribution in [-0.2, 0) is 32.9 Å². The zero-order valence-corrected chi connectivity index (χ0v) is 18.3. The molecule has 29 heavy (non-hydrogen) atoms. The molecule has 0 N–H and O–H groups in total. The Bertz CT molecular complexity index is 836. The van der Waals surface area contributed by atoms with Crippen molar-refractivity contribution in [1.29, 1.82) is 0 Å². The molecule has 156 valence electrons. The molecule has 1 unspecified atom stereocenters. The van der Waals surface area contributed by atoms with E-state index in [1.54, 1.807) is 11.3 Å². The molecular formula is C23H30N2O3S. The van der Waals surface area contributed by atoms with E-state index in [4.69, 9.17) is 9.47 Å². The Morgan fingerprint density at radius 2 is 2.07 bits per heavy atom. The Kier molecular flexibility index (Phi) is 5.78. The minimum Gasteiger partial charge on any atom is -0.460 e. The first-order chi connectivity index (χ1) is 13.8. The van der Waals surface area contributed by atoms with E-state index in [9.17, 15) is 4.79 Å². The third kappa shape index (κ3) is 4.71. The molecule has 0 amide bonds. The highest BCUT2D eigenvalue weighted by atomic mass is 32.1. The lowest BCUT2D eigenvalue weighted by Crippen LogP contribution is -2.46. The lowest BCUT2D eigenvalue weighted by atomic mass is 9.83. The van der Waals surface area contributed by atoms with Gasteiger partial charge >= 0.3 is 5.97 Å². The van der Waals surface area contributed by atoms with Crippen LogP contribution in [0.15, 0.2) is 35.2 Å². The average Bonchev–Trinajstić information content (AvgIpc) is 3.31. The van der Waals surface area contributed by atoms with Gasteiger partial charge in [0.1, 0.15) is 5.60 Å². The Morgan fingerprint density at radius 1 is 1.31 bits per heavy atom. The number of hydrogen-bond acceptors (Lipinski definition) is 6. The molecule has 0 bridgehead atoms. The second-order valence-electron chi connectivity index (χ2n) is 9.16. The van der Waals surface area contributed by atoms with Crippen molar-refractivity contribution in [3.63, 3.8) is 0 Å². The Morgan fingerprint density at radius 3 is 2.76 bits per heavy atom. The van der Waals surface area contributed by atoms with Crippen molar-refractivity contribution in [2.24, 2.45) is 5.92 Å². The van der Waals surface area contributed by atoms with Gasteiger partial charge in [0.2, 0.25) is 0 Å². The van der Waals surface area contributed by atoms with Gasteiger partial charge in [0.05, 0.1) is 29.3 Å². The number of nitrogens with zero attached hydrogens (tertiary/aromatic N) is 2. The second-order valence-corrected chi connectivity index (χ2v) is 9.87. The van der Waals surface area contributed by atoms with Crippen LogP contribution < -0.4 is 0 Å². The minimum absolute atomic E-state index is 0.131. The molecule has 0 saturated carbocycles. The number of aromatic nitrogens is 1. The molecule has 0 radical (unpaired) electrons. The summed E-state index contributed by atoms with van der Waals surface area (Å²) in [7, 11) is 0. The smallest absolute Gasteiger partial charge is 0.311 e. The number of carbonyl (C=O) groups is 1. The van der Waals surface area contributed by atoms with Crippen LogP contribution in [0.2, 0.25) is 0 Å². The average molecular weight is 415 g/mol. The monoisotopic (exact) mass is 414 g/mol. The number of benzene rings is 1. The quantitative estimate of drug-likeness (QED) is 0.688. The zero-order chi connectivity index (χ0) is 20.5. The van der Waals surface area contributed by atoms with Crippen LogP contribution in [0.5, 0.6) is 0 Å². The summed E-state index contributed by atoms with van der Waals surface area (Å²) in [6.45, 7) is 9.01. The predicted molar refractivity (Wildman–Crippen MR) is 114 cm³/mol. The fourth-order valence-electron chi connectivity index (χ4n) is 4.40. The molecule has 2 aliphatic heterocycles. The largest absolute Gasteiger partial charge is 0.460 e. The van der Waals surface area contributed by atoms with E-state index < -0.39 is 5.60 Å². The van der Waals surface area contributed by atoms with Gasteiger partial charge in [0.25, 0.3) is 0 Å². The van der Waals surface area contributed by atoms with Crippen molar-refractivity contribution < 1.29 is 14.3 Å². The summed E-state index contributed by atoms with van der Waals surface area (Å²) >= 11 is 1.57. The van der Waals surface area contributed by atoms with Gasteiger partial charge in [-0.3, -0.25) is 4.79 Å². The molecule has 1 aromatic carbocycles. The maximum Gasteiger partial charge on any atom is 0.311 e. The van der Waals surface area contributed by atoms with E-state index >= 15 is 0 Å². The van der Waals surface area contributed by atoms with Crippen molar-refractivity contribution in [1.82, 2.24) is 9.88 Å². The van der Waals surface area contributed by atoms with E-state index in [0.717, 1.165) is 31.6 Å². The number of ether oxygens (including phenoxy) is 2. The fourth-order valence-corrected chi connectivity index (χ4v) is 4.98. The SMILES string of the molecule is CC(C)(C)OC(=O)C(Cc1cscn1)CN1CCC2(CC1)OCc1ccccc12. The van der Waals surface area contributed by atoms with E-state index in [-0.39, 0.29) is 17.5 Å². The first kappa shape index (κ1) is 20.5. The molecule has 1 spiro atoms. The topological polar surface area (TPSA) is 51.7 Å². The highest BCUT2D eigenvalue weighted by Gasteiger charge is 2.43. The van der Waals surface area contributed by atoms with Gasteiger partial charge in [-0.15, -0.1) is 11.3 Å². The summed E-state index contributed by atoms with van der Waals surface area (Å²) in [5.41, 5.74) is 4.82. The van der Waals surface area contributed by atoms with Crippen LogP contribution >= 0.6 is 11.3 Å². The summed E-state index contributed by atoms with van der Waals surface area (Å²) in [5, 5.41) is 2.02. The summed E-state index contributed by atoms with van der Waals surface area (Å²) in [5.74, 6) is -0.338. The van der Waals surface area contributed by atoms with E-state index in [0.29, 0.717) is 19.6 Å². The molecule has 1 saturated heterocycles. The Labute approximate surface area is 177 Å². The number of piperidine rings is 1.